The molecular formula is C13H19ClN4O2S. The zero-order valence-electron chi connectivity index (χ0n) is 12.2. The number of fused-ring (bicyclic) bond motifs is 1. The van der Waals surface area contributed by atoms with Crippen molar-refractivity contribution in [2.45, 2.75) is 31.2 Å². The second kappa shape index (κ2) is 5.37. The minimum absolute atomic E-state index is 0.107. The normalized spacial score (nSPS) is 21.8. The Hall–Kier alpha value is -0.920. The molecule has 1 fully saturated rings. The summed E-state index contributed by atoms with van der Waals surface area (Å²) in [7, 11) is -3.27. The average Bonchev–Trinajstić information content (AvgIpc) is 2.73. The van der Waals surface area contributed by atoms with E-state index < -0.39 is 9.84 Å². The van der Waals surface area contributed by atoms with Crippen LogP contribution in [0, 0.1) is 0 Å². The van der Waals surface area contributed by atoms with Crippen molar-refractivity contribution in [3.05, 3.63) is 11.0 Å². The Kier molecular flexibility index (Phi) is 3.83. The highest BCUT2D eigenvalue weighted by Crippen LogP contribution is 2.34. The molecule has 1 aromatic heterocycles. The number of sulfone groups is 1. The molecule has 1 aromatic rings. The fourth-order valence-corrected chi connectivity index (χ4v) is 4.75. The van der Waals surface area contributed by atoms with Crippen LogP contribution in [-0.4, -0.2) is 61.3 Å². The van der Waals surface area contributed by atoms with Gasteiger partial charge in [-0.05, 0) is 25.4 Å². The maximum absolute atomic E-state index is 12.2. The lowest BCUT2D eigenvalue weighted by molar-refractivity contribution is 0.208. The number of aryl methyl sites for hydroxylation is 1. The molecule has 1 saturated heterocycles. The zero-order chi connectivity index (χ0) is 15.2. The van der Waals surface area contributed by atoms with Gasteiger partial charge in [0.25, 0.3) is 0 Å². The lowest BCUT2D eigenvalue weighted by Crippen LogP contribution is -2.49. The van der Waals surface area contributed by atoms with Gasteiger partial charge >= 0.3 is 0 Å². The molecular weight excluding hydrogens is 312 g/mol. The molecule has 0 saturated carbocycles. The second-order valence-corrected chi connectivity index (χ2v) is 8.16. The van der Waals surface area contributed by atoms with Crippen molar-refractivity contribution >= 4 is 27.3 Å². The molecule has 21 heavy (non-hydrogen) atoms. The van der Waals surface area contributed by atoms with E-state index >= 15 is 0 Å². The summed E-state index contributed by atoms with van der Waals surface area (Å²) in [5, 5.41) is 0.132. The van der Waals surface area contributed by atoms with Gasteiger partial charge < -0.3 is 4.90 Å². The van der Waals surface area contributed by atoms with Gasteiger partial charge in [0.05, 0.1) is 11.4 Å². The van der Waals surface area contributed by atoms with Crippen molar-refractivity contribution in [2.75, 3.05) is 36.8 Å². The van der Waals surface area contributed by atoms with Gasteiger partial charge in [-0.3, -0.25) is 4.90 Å². The first-order chi connectivity index (χ1) is 9.88. The third-order valence-electron chi connectivity index (χ3n) is 4.15. The molecule has 2 aliphatic heterocycles. The Balaban J connectivity index is 1.94. The molecule has 2 aliphatic rings. The molecule has 3 heterocycles. The summed E-state index contributed by atoms with van der Waals surface area (Å²) in [6.45, 7) is 7.64. The van der Waals surface area contributed by atoms with E-state index in [9.17, 15) is 8.42 Å². The van der Waals surface area contributed by atoms with E-state index in [0.717, 1.165) is 26.2 Å². The number of halogens is 1. The van der Waals surface area contributed by atoms with E-state index in [1.54, 1.807) is 0 Å². The predicted molar refractivity (Wildman–Crippen MR) is 81.7 cm³/mol. The van der Waals surface area contributed by atoms with Crippen LogP contribution in [0.3, 0.4) is 0 Å². The number of piperazine rings is 1. The summed E-state index contributed by atoms with van der Waals surface area (Å²) < 4.78 is 24.5. The Labute approximate surface area is 130 Å². The molecule has 0 radical (unpaired) electrons. The van der Waals surface area contributed by atoms with Crippen LogP contribution >= 0.6 is 11.6 Å². The number of nitrogens with zero attached hydrogens (tertiary/aromatic N) is 4. The highest BCUT2D eigenvalue weighted by molar-refractivity contribution is 7.91. The SMILES string of the molecule is CC(C)N1CCN(c2nc(Cl)nc3c2S(=O)(=O)CC3)CC1. The summed E-state index contributed by atoms with van der Waals surface area (Å²) in [5.41, 5.74) is 0.566. The molecule has 0 bridgehead atoms. The van der Waals surface area contributed by atoms with Gasteiger partial charge in [-0.15, -0.1) is 0 Å². The summed E-state index contributed by atoms with van der Waals surface area (Å²) in [6.07, 6.45) is 0.429. The van der Waals surface area contributed by atoms with E-state index in [-0.39, 0.29) is 11.0 Å². The van der Waals surface area contributed by atoms with Crippen LogP contribution in [0.25, 0.3) is 0 Å². The van der Waals surface area contributed by atoms with Crippen LogP contribution in [0.1, 0.15) is 19.5 Å². The second-order valence-electron chi connectivity index (χ2n) is 5.78. The lowest BCUT2D eigenvalue weighted by atomic mass is 10.2. The molecule has 8 heteroatoms. The predicted octanol–water partition coefficient (Wildman–Crippen LogP) is 0.990. The van der Waals surface area contributed by atoms with E-state index in [1.807, 2.05) is 4.90 Å². The fraction of sp³-hybridized carbons (Fsp3) is 0.692. The third kappa shape index (κ3) is 2.74. The van der Waals surface area contributed by atoms with Crippen LogP contribution in [0.2, 0.25) is 5.28 Å². The summed E-state index contributed by atoms with van der Waals surface area (Å²) >= 11 is 5.97. The Bertz CT molecular complexity index is 654. The summed E-state index contributed by atoms with van der Waals surface area (Å²) in [4.78, 5) is 13.0. The first-order valence-electron chi connectivity index (χ1n) is 7.16. The van der Waals surface area contributed by atoms with Gasteiger partial charge in [-0.25, -0.2) is 13.4 Å². The molecule has 0 aromatic carbocycles. The number of hydrogen-bond donors (Lipinski definition) is 0. The molecule has 116 valence electrons. The maximum Gasteiger partial charge on any atom is 0.224 e. The van der Waals surface area contributed by atoms with Crippen molar-refractivity contribution in [3.63, 3.8) is 0 Å². The number of hydrogen-bond acceptors (Lipinski definition) is 6. The fourth-order valence-electron chi connectivity index (χ4n) is 2.94. The Morgan fingerprint density at radius 2 is 1.81 bits per heavy atom. The molecule has 0 atom stereocenters. The van der Waals surface area contributed by atoms with Crippen LogP contribution in [-0.2, 0) is 16.3 Å². The highest BCUT2D eigenvalue weighted by atomic mass is 35.5. The number of rotatable bonds is 2. The Morgan fingerprint density at radius 3 is 2.43 bits per heavy atom. The van der Waals surface area contributed by atoms with Gasteiger partial charge in [0, 0.05) is 38.6 Å². The molecule has 6 nitrogen and oxygen atoms in total. The van der Waals surface area contributed by atoms with Crippen molar-refractivity contribution in [2.24, 2.45) is 0 Å². The highest BCUT2D eigenvalue weighted by Gasteiger charge is 2.35. The van der Waals surface area contributed by atoms with E-state index in [2.05, 4.69) is 28.7 Å². The van der Waals surface area contributed by atoms with Gasteiger partial charge in [0.15, 0.2) is 15.7 Å². The van der Waals surface area contributed by atoms with E-state index in [0.29, 0.717) is 28.9 Å². The van der Waals surface area contributed by atoms with Gasteiger partial charge in [-0.1, -0.05) is 0 Å². The van der Waals surface area contributed by atoms with Gasteiger partial charge in [0.1, 0.15) is 4.90 Å². The first kappa shape index (κ1) is 15.0. The lowest BCUT2D eigenvalue weighted by Gasteiger charge is -2.37. The van der Waals surface area contributed by atoms with Crippen LogP contribution < -0.4 is 4.90 Å². The van der Waals surface area contributed by atoms with Crippen LogP contribution in [0.5, 0.6) is 0 Å². The maximum atomic E-state index is 12.2. The molecule has 0 aliphatic carbocycles. The Morgan fingerprint density at radius 1 is 1.14 bits per heavy atom. The molecule has 0 N–H and O–H groups in total. The quantitative estimate of drug-likeness (QED) is 0.753. The van der Waals surface area contributed by atoms with Gasteiger partial charge in [0.2, 0.25) is 5.28 Å². The standard InChI is InChI=1S/C13H19ClN4O2S/c1-9(2)17-4-6-18(7-5-17)12-11-10(15-13(14)16-12)3-8-21(11,19)20/h9H,3-8H2,1-2H3. The zero-order valence-corrected chi connectivity index (χ0v) is 13.8. The van der Waals surface area contributed by atoms with Crippen molar-refractivity contribution in [1.29, 1.82) is 0 Å². The molecule has 0 amide bonds. The average molecular weight is 331 g/mol. The summed E-state index contributed by atoms with van der Waals surface area (Å²) in [5.74, 6) is 0.599. The number of anilines is 1. The van der Waals surface area contributed by atoms with Crippen LogP contribution in [0.4, 0.5) is 5.82 Å². The topological polar surface area (TPSA) is 66.4 Å². The largest absolute Gasteiger partial charge is 0.353 e. The molecule has 0 spiro atoms. The van der Waals surface area contributed by atoms with E-state index in [1.165, 1.54) is 0 Å². The molecule has 3 rings (SSSR count). The van der Waals surface area contributed by atoms with Crippen molar-refractivity contribution in [1.82, 2.24) is 14.9 Å². The van der Waals surface area contributed by atoms with Crippen molar-refractivity contribution in [3.8, 4) is 0 Å². The minimum atomic E-state index is -3.27. The van der Waals surface area contributed by atoms with Gasteiger partial charge in [-0.2, -0.15) is 4.98 Å². The number of aromatic nitrogens is 2. The van der Waals surface area contributed by atoms with E-state index in [4.69, 9.17) is 11.6 Å². The monoisotopic (exact) mass is 330 g/mol. The summed E-state index contributed by atoms with van der Waals surface area (Å²) in [6, 6.07) is 0.496. The van der Waals surface area contributed by atoms with Crippen molar-refractivity contribution < 1.29 is 8.42 Å². The van der Waals surface area contributed by atoms with Crippen LogP contribution in [0.15, 0.2) is 4.90 Å². The third-order valence-corrected chi connectivity index (χ3v) is 6.10. The smallest absolute Gasteiger partial charge is 0.224 e. The minimum Gasteiger partial charge on any atom is -0.353 e. The molecule has 0 unspecified atom stereocenters. The first-order valence-corrected chi connectivity index (χ1v) is 9.19.